The molecule has 0 saturated heterocycles. The third-order valence-corrected chi connectivity index (χ3v) is 5.25. The van der Waals surface area contributed by atoms with Crippen molar-refractivity contribution in [3.05, 3.63) is 107 Å². The molecule has 0 amide bonds. The van der Waals surface area contributed by atoms with Crippen LogP contribution in [0.5, 0.6) is 0 Å². The zero-order valence-corrected chi connectivity index (χ0v) is 14.7. The Morgan fingerprint density at radius 3 is 2.78 bits per heavy atom. The fraction of sp³-hybridized carbons (Fsp3) is 0.130. The minimum absolute atomic E-state index is 0.00541. The number of nitrogens with one attached hydrogen (secondary N) is 1. The molecule has 0 radical (unpaired) electrons. The molecule has 2 heterocycles. The van der Waals surface area contributed by atoms with Crippen molar-refractivity contribution in [1.29, 1.82) is 0 Å². The second-order valence-electron chi connectivity index (χ2n) is 7.00. The lowest BCUT2D eigenvalue weighted by Gasteiger charge is -2.19. The van der Waals surface area contributed by atoms with Crippen molar-refractivity contribution < 1.29 is 0 Å². The number of hydrogen-bond acceptors (Lipinski definition) is 3. The first-order chi connectivity index (χ1) is 13.3. The summed E-state index contributed by atoms with van der Waals surface area (Å²) in [6.07, 6.45) is 12.5. The molecular weight excluding hydrogens is 334 g/mol. The molecule has 5 rings (SSSR count). The number of para-hydroxylation sites is 1. The molecule has 4 nitrogen and oxygen atoms in total. The summed E-state index contributed by atoms with van der Waals surface area (Å²) in [7, 11) is 0. The molecule has 132 valence electrons. The summed E-state index contributed by atoms with van der Waals surface area (Å²) in [5.74, 6) is 0.423. The van der Waals surface area contributed by atoms with Crippen LogP contribution in [0.3, 0.4) is 0 Å². The van der Waals surface area contributed by atoms with Gasteiger partial charge in [-0.1, -0.05) is 60.7 Å². The molecule has 1 aliphatic carbocycles. The van der Waals surface area contributed by atoms with Crippen molar-refractivity contribution in [3.8, 4) is 0 Å². The van der Waals surface area contributed by atoms with Gasteiger partial charge in [-0.3, -0.25) is 9.36 Å². The van der Waals surface area contributed by atoms with Crippen LogP contribution >= 0.6 is 0 Å². The van der Waals surface area contributed by atoms with E-state index >= 15 is 0 Å². The first kappa shape index (κ1) is 15.8. The Bertz CT molecular complexity index is 1150. The van der Waals surface area contributed by atoms with Gasteiger partial charge < -0.3 is 5.32 Å². The Balaban J connectivity index is 1.40. The van der Waals surface area contributed by atoms with Crippen LogP contribution in [0.15, 0.2) is 90.2 Å². The van der Waals surface area contributed by atoms with Crippen molar-refractivity contribution in [2.45, 2.75) is 12.6 Å². The lowest BCUT2D eigenvalue weighted by molar-refractivity contribution is 0.651. The normalized spacial score (nSPS) is 20.4. The minimum Gasteiger partial charge on any atom is -0.384 e. The largest absolute Gasteiger partial charge is 0.384 e. The molecular formula is C23H19N3O. The van der Waals surface area contributed by atoms with E-state index < -0.39 is 0 Å². The molecule has 2 aliphatic rings. The van der Waals surface area contributed by atoms with E-state index in [1.54, 1.807) is 10.9 Å². The van der Waals surface area contributed by atoms with Crippen LogP contribution < -0.4 is 10.9 Å². The van der Waals surface area contributed by atoms with Crippen LogP contribution in [0, 0.1) is 5.92 Å². The molecule has 2 aromatic carbocycles. The predicted octanol–water partition coefficient (Wildman–Crippen LogP) is 3.50. The third-order valence-electron chi connectivity index (χ3n) is 5.25. The van der Waals surface area contributed by atoms with Crippen LogP contribution in [0.1, 0.15) is 11.1 Å². The Labute approximate surface area is 157 Å². The molecule has 2 atom stereocenters. The topological polar surface area (TPSA) is 46.9 Å². The van der Waals surface area contributed by atoms with Gasteiger partial charge in [-0.05, 0) is 35.0 Å². The maximum Gasteiger partial charge on any atom is 0.261 e. The summed E-state index contributed by atoms with van der Waals surface area (Å²) in [6, 6.07) is 16.3. The van der Waals surface area contributed by atoms with Crippen molar-refractivity contribution >= 4 is 16.5 Å². The number of hydrogen-bond donors (Lipinski definition) is 1. The van der Waals surface area contributed by atoms with Gasteiger partial charge in [0.05, 0.1) is 29.8 Å². The molecule has 0 spiro atoms. The molecule has 1 aromatic heterocycles. The summed E-state index contributed by atoms with van der Waals surface area (Å²) >= 11 is 0. The monoisotopic (exact) mass is 353 g/mol. The highest BCUT2D eigenvalue weighted by Crippen LogP contribution is 2.28. The fourth-order valence-corrected chi connectivity index (χ4v) is 3.73. The van der Waals surface area contributed by atoms with E-state index in [9.17, 15) is 4.79 Å². The third kappa shape index (κ3) is 2.89. The van der Waals surface area contributed by atoms with Gasteiger partial charge in [0.15, 0.2) is 0 Å². The zero-order chi connectivity index (χ0) is 18.2. The lowest BCUT2D eigenvalue weighted by Crippen LogP contribution is -2.24. The van der Waals surface area contributed by atoms with E-state index in [2.05, 4.69) is 58.9 Å². The van der Waals surface area contributed by atoms with E-state index in [1.807, 2.05) is 30.5 Å². The van der Waals surface area contributed by atoms with E-state index in [4.69, 9.17) is 0 Å². The van der Waals surface area contributed by atoms with Gasteiger partial charge >= 0.3 is 0 Å². The average Bonchev–Trinajstić information content (AvgIpc) is 3.19. The highest BCUT2D eigenvalue weighted by Gasteiger charge is 2.21. The Hall–Kier alpha value is -3.40. The minimum atomic E-state index is -0.00541. The zero-order valence-electron chi connectivity index (χ0n) is 14.7. The van der Waals surface area contributed by atoms with Crippen LogP contribution in [-0.4, -0.2) is 15.6 Å². The summed E-state index contributed by atoms with van der Waals surface area (Å²) < 4.78 is 1.66. The number of fused-ring (bicyclic) bond motifs is 2. The smallest absolute Gasteiger partial charge is 0.261 e. The Morgan fingerprint density at radius 2 is 1.89 bits per heavy atom. The maximum absolute atomic E-state index is 12.6. The van der Waals surface area contributed by atoms with E-state index in [1.165, 1.54) is 11.1 Å². The van der Waals surface area contributed by atoms with Crippen molar-refractivity contribution in [3.63, 3.8) is 0 Å². The quantitative estimate of drug-likeness (QED) is 0.784. The van der Waals surface area contributed by atoms with Gasteiger partial charge in [0, 0.05) is 5.92 Å². The average molecular weight is 353 g/mol. The second kappa shape index (κ2) is 6.40. The van der Waals surface area contributed by atoms with Gasteiger partial charge in [-0.15, -0.1) is 0 Å². The number of nitrogens with zero attached hydrogens (tertiary/aromatic N) is 2. The molecule has 1 N–H and O–H groups in total. The molecule has 3 aromatic rings. The van der Waals surface area contributed by atoms with Crippen molar-refractivity contribution in [2.75, 3.05) is 0 Å². The van der Waals surface area contributed by atoms with E-state index in [0.29, 0.717) is 23.9 Å². The van der Waals surface area contributed by atoms with E-state index in [0.717, 1.165) is 11.1 Å². The molecule has 0 fully saturated rings. The van der Waals surface area contributed by atoms with Crippen LogP contribution in [0.25, 0.3) is 16.5 Å². The molecule has 4 heteroatoms. The Kier molecular flexibility index (Phi) is 3.75. The van der Waals surface area contributed by atoms with Gasteiger partial charge in [0.2, 0.25) is 0 Å². The van der Waals surface area contributed by atoms with Crippen LogP contribution in [0.4, 0.5) is 0 Å². The van der Waals surface area contributed by atoms with Crippen LogP contribution in [-0.2, 0) is 6.54 Å². The molecule has 1 aliphatic heterocycles. The first-order valence-corrected chi connectivity index (χ1v) is 9.14. The highest BCUT2D eigenvalue weighted by atomic mass is 16.1. The molecule has 2 unspecified atom stereocenters. The maximum atomic E-state index is 12.6. The predicted molar refractivity (Wildman–Crippen MR) is 108 cm³/mol. The van der Waals surface area contributed by atoms with Gasteiger partial charge in [-0.2, -0.15) is 0 Å². The van der Waals surface area contributed by atoms with Gasteiger partial charge in [0.1, 0.15) is 0 Å². The second-order valence-corrected chi connectivity index (χ2v) is 7.00. The number of allylic oxidation sites excluding steroid dienone is 2. The summed E-state index contributed by atoms with van der Waals surface area (Å²) in [6.45, 7) is 0.517. The summed E-state index contributed by atoms with van der Waals surface area (Å²) in [5, 5.41) is 3.99. The molecule has 27 heavy (non-hydrogen) atoms. The summed E-state index contributed by atoms with van der Waals surface area (Å²) in [4.78, 5) is 17.0. The number of aromatic nitrogens is 2. The van der Waals surface area contributed by atoms with Crippen molar-refractivity contribution in [2.24, 2.45) is 5.92 Å². The van der Waals surface area contributed by atoms with Gasteiger partial charge in [-0.25, -0.2) is 4.98 Å². The number of rotatable bonds is 3. The Morgan fingerprint density at radius 1 is 1.04 bits per heavy atom. The standard InChI is InChI=1S/C23H19N3O/c27-23-20-3-1-2-4-22(20)25-15-26(23)14-16-5-7-17(8-6-16)18-9-10-21-19(13-18)11-12-24-21/h1-13,15,19,21,24H,14H2. The lowest BCUT2D eigenvalue weighted by atomic mass is 9.90. The fourth-order valence-electron chi connectivity index (χ4n) is 3.73. The highest BCUT2D eigenvalue weighted by molar-refractivity contribution is 5.77. The number of benzene rings is 2. The van der Waals surface area contributed by atoms with Gasteiger partial charge in [0.25, 0.3) is 5.56 Å². The van der Waals surface area contributed by atoms with Crippen LogP contribution in [0.2, 0.25) is 0 Å². The van der Waals surface area contributed by atoms with Crippen molar-refractivity contribution in [1.82, 2.24) is 14.9 Å². The summed E-state index contributed by atoms with van der Waals surface area (Å²) in [5.41, 5.74) is 4.24. The molecule has 0 bridgehead atoms. The first-order valence-electron chi connectivity index (χ1n) is 9.14. The van der Waals surface area contributed by atoms with E-state index in [-0.39, 0.29) is 5.56 Å². The SMILES string of the molecule is O=c1c2ccccc2ncn1Cc1ccc(C2=CC3C=CNC3C=C2)cc1. The molecule has 0 saturated carbocycles.